The van der Waals surface area contributed by atoms with Gasteiger partial charge < -0.3 is 4.52 Å². The summed E-state index contributed by atoms with van der Waals surface area (Å²) >= 11 is 0. The number of benzene rings is 1. The van der Waals surface area contributed by atoms with Gasteiger partial charge in [0.1, 0.15) is 5.76 Å². The van der Waals surface area contributed by atoms with Gasteiger partial charge in [-0.15, -0.1) is 6.42 Å². The minimum Gasteiger partial charge on any atom is -0.403 e. The molecular weight excluding hydrogens is 263 g/mol. The molecule has 0 fully saturated rings. The molecule has 0 bridgehead atoms. The molecule has 1 rings (SSSR count). The summed E-state index contributed by atoms with van der Waals surface area (Å²) in [5, 5.41) is 0. The first-order chi connectivity index (χ1) is 9.15. The minimum absolute atomic E-state index is 0.218. The lowest BCUT2D eigenvalue weighted by Crippen LogP contribution is -2.00. The molecule has 0 saturated heterocycles. The van der Waals surface area contributed by atoms with Crippen molar-refractivity contribution in [3.63, 3.8) is 0 Å². The molecule has 0 aliphatic carbocycles. The van der Waals surface area contributed by atoms with Gasteiger partial charge in [0.15, 0.2) is 0 Å². The van der Waals surface area contributed by atoms with E-state index in [9.17, 15) is 4.57 Å². The van der Waals surface area contributed by atoms with Crippen LogP contribution in [0.1, 0.15) is 19.4 Å². The third-order valence-corrected chi connectivity index (χ3v) is 3.63. The second-order valence-electron chi connectivity index (χ2n) is 3.42. The fourth-order valence-electron chi connectivity index (χ4n) is 1.37. The summed E-state index contributed by atoms with van der Waals surface area (Å²) in [5.41, 5.74) is 0.708. The van der Waals surface area contributed by atoms with Crippen molar-refractivity contribution in [1.29, 1.82) is 0 Å². The number of rotatable bonds is 7. The summed E-state index contributed by atoms with van der Waals surface area (Å²) < 4.78 is 27.8. The predicted octanol–water partition coefficient (Wildman–Crippen LogP) is 3.86. The van der Waals surface area contributed by atoms with E-state index in [0.717, 1.165) is 0 Å². The lowest BCUT2D eigenvalue weighted by Gasteiger charge is -2.18. The van der Waals surface area contributed by atoms with Crippen LogP contribution in [0.2, 0.25) is 0 Å². The number of phosphoric acid groups is 1. The number of terminal acetylenes is 1. The molecule has 5 heteroatoms. The van der Waals surface area contributed by atoms with Crippen molar-refractivity contribution in [2.45, 2.75) is 13.8 Å². The van der Waals surface area contributed by atoms with Crippen molar-refractivity contribution in [2.75, 3.05) is 13.2 Å². The van der Waals surface area contributed by atoms with Crippen LogP contribution >= 0.6 is 7.82 Å². The average Bonchev–Trinajstić information content (AvgIpc) is 2.40. The van der Waals surface area contributed by atoms with E-state index in [1.165, 1.54) is 6.08 Å². The first-order valence-corrected chi connectivity index (χ1v) is 7.41. The molecular formula is C14H17O4P. The zero-order valence-electron chi connectivity index (χ0n) is 11.0. The molecule has 0 N–H and O–H groups in total. The maximum absolute atomic E-state index is 12.3. The zero-order valence-corrected chi connectivity index (χ0v) is 11.9. The summed E-state index contributed by atoms with van der Waals surface area (Å²) in [5.74, 6) is 2.64. The largest absolute Gasteiger partial charge is 0.530 e. The van der Waals surface area contributed by atoms with E-state index in [-0.39, 0.29) is 19.0 Å². The molecule has 19 heavy (non-hydrogen) atoms. The normalized spacial score (nSPS) is 11.9. The molecule has 0 radical (unpaired) electrons. The SMILES string of the molecule is C#C/C=C(/OP(=O)(OCC)OCC)c1ccccc1. The Bertz CT molecular complexity index is 492. The van der Waals surface area contributed by atoms with Crippen LogP contribution in [-0.4, -0.2) is 13.2 Å². The van der Waals surface area contributed by atoms with Crippen LogP contribution in [0.5, 0.6) is 0 Å². The molecule has 102 valence electrons. The van der Waals surface area contributed by atoms with Gasteiger partial charge >= 0.3 is 7.82 Å². The van der Waals surface area contributed by atoms with Gasteiger partial charge in [0.05, 0.1) is 13.2 Å². The second kappa shape index (κ2) is 7.81. The Morgan fingerprint density at radius 2 is 1.84 bits per heavy atom. The summed E-state index contributed by atoms with van der Waals surface area (Å²) in [6.45, 7) is 3.86. The quantitative estimate of drug-likeness (QED) is 0.432. The molecule has 0 aliphatic rings. The van der Waals surface area contributed by atoms with Crippen LogP contribution in [0.3, 0.4) is 0 Å². The van der Waals surface area contributed by atoms with Gasteiger partial charge in [0.25, 0.3) is 0 Å². The second-order valence-corrected chi connectivity index (χ2v) is 5.01. The molecule has 0 atom stereocenters. The lowest BCUT2D eigenvalue weighted by molar-refractivity contribution is 0.159. The van der Waals surface area contributed by atoms with E-state index < -0.39 is 7.82 Å². The highest BCUT2D eigenvalue weighted by Gasteiger charge is 2.28. The van der Waals surface area contributed by atoms with E-state index in [4.69, 9.17) is 20.0 Å². The van der Waals surface area contributed by atoms with Gasteiger partial charge in [0.2, 0.25) is 0 Å². The fourth-order valence-corrected chi connectivity index (χ4v) is 2.58. The molecule has 1 aromatic carbocycles. The Morgan fingerprint density at radius 3 is 2.32 bits per heavy atom. The summed E-state index contributed by atoms with van der Waals surface area (Å²) in [6.07, 6.45) is 6.64. The smallest absolute Gasteiger partial charge is 0.403 e. The first kappa shape index (κ1) is 15.5. The van der Waals surface area contributed by atoms with Crippen LogP contribution in [0.15, 0.2) is 36.4 Å². The third kappa shape index (κ3) is 4.92. The average molecular weight is 280 g/mol. The molecule has 1 aromatic rings. The van der Waals surface area contributed by atoms with E-state index in [0.29, 0.717) is 5.56 Å². The van der Waals surface area contributed by atoms with Crippen LogP contribution in [-0.2, 0) is 18.1 Å². The van der Waals surface area contributed by atoms with Crippen molar-refractivity contribution in [2.24, 2.45) is 0 Å². The standard InChI is InChI=1S/C14H17O4P/c1-4-10-14(13-11-8-7-9-12-13)18-19(15,16-5-2)17-6-3/h1,7-12H,5-6H2,2-3H3/b14-10+. The van der Waals surface area contributed by atoms with Crippen molar-refractivity contribution in [1.82, 2.24) is 0 Å². The van der Waals surface area contributed by atoms with Crippen molar-refractivity contribution < 1.29 is 18.1 Å². The lowest BCUT2D eigenvalue weighted by atomic mass is 10.2. The first-order valence-electron chi connectivity index (χ1n) is 5.95. The van der Waals surface area contributed by atoms with Gasteiger partial charge in [-0.25, -0.2) is 4.57 Å². The Labute approximate surface area is 114 Å². The highest BCUT2D eigenvalue weighted by molar-refractivity contribution is 7.48. The molecule has 0 saturated carbocycles. The Kier molecular flexibility index (Phi) is 6.38. The van der Waals surface area contributed by atoms with Gasteiger partial charge in [-0.1, -0.05) is 36.3 Å². The molecule has 0 amide bonds. The molecule has 0 aromatic heterocycles. The highest BCUT2D eigenvalue weighted by Crippen LogP contribution is 2.52. The van der Waals surface area contributed by atoms with E-state index >= 15 is 0 Å². The topological polar surface area (TPSA) is 44.8 Å². The van der Waals surface area contributed by atoms with Crippen LogP contribution in [0.25, 0.3) is 5.76 Å². The third-order valence-electron chi connectivity index (χ3n) is 2.06. The summed E-state index contributed by atoms with van der Waals surface area (Å²) in [6, 6.07) is 9.11. The summed E-state index contributed by atoms with van der Waals surface area (Å²) in [7, 11) is -3.63. The highest BCUT2D eigenvalue weighted by atomic mass is 31.2. The monoisotopic (exact) mass is 280 g/mol. The zero-order chi connectivity index (χ0) is 14.1. The molecule has 0 aliphatic heterocycles. The van der Waals surface area contributed by atoms with Crippen molar-refractivity contribution in [3.05, 3.63) is 42.0 Å². The maximum Gasteiger partial charge on any atom is 0.530 e. The molecule has 4 nitrogen and oxygen atoms in total. The molecule has 0 spiro atoms. The van der Waals surface area contributed by atoms with Crippen LogP contribution in [0, 0.1) is 12.3 Å². The number of hydrogen-bond donors (Lipinski definition) is 0. The number of phosphoric ester groups is 1. The Morgan fingerprint density at radius 1 is 1.26 bits per heavy atom. The van der Waals surface area contributed by atoms with Gasteiger partial charge in [-0.2, -0.15) is 0 Å². The van der Waals surface area contributed by atoms with Gasteiger partial charge in [-0.05, 0) is 13.8 Å². The number of hydrogen-bond acceptors (Lipinski definition) is 4. The Hall–Kier alpha value is -1.53. The van der Waals surface area contributed by atoms with E-state index in [1.54, 1.807) is 26.0 Å². The van der Waals surface area contributed by atoms with Gasteiger partial charge in [0, 0.05) is 11.6 Å². The van der Waals surface area contributed by atoms with Gasteiger partial charge in [-0.3, -0.25) is 9.05 Å². The van der Waals surface area contributed by atoms with Crippen molar-refractivity contribution >= 4 is 13.6 Å². The number of allylic oxidation sites excluding steroid dienone is 1. The maximum atomic E-state index is 12.3. The Balaban J connectivity index is 3.00. The fraction of sp³-hybridized carbons (Fsp3) is 0.286. The predicted molar refractivity (Wildman–Crippen MR) is 75.2 cm³/mol. The summed E-state index contributed by atoms with van der Waals surface area (Å²) in [4.78, 5) is 0. The molecule has 0 unspecified atom stereocenters. The van der Waals surface area contributed by atoms with Crippen LogP contribution in [0.4, 0.5) is 0 Å². The van der Waals surface area contributed by atoms with E-state index in [1.807, 2.05) is 18.2 Å². The minimum atomic E-state index is -3.63. The van der Waals surface area contributed by atoms with Crippen LogP contribution < -0.4 is 0 Å². The molecule has 0 heterocycles. The van der Waals surface area contributed by atoms with Crippen molar-refractivity contribution in [3.8, 4) is 12.3 Å². The van der Waals surface area contributed by atoms with E-state index in [2.05, 4.69) is 5.92 Å².